The minimum atomic E-state index is 0.634. The highest BCUT2D eigenvalue weighted by Gasteiger charge is 2.14. The molecule has 2 aromatic carbocycles. The van der Waals surface area contributed by atoms with E-state index >= 15 is 0 Å². The molecule has 0 aliphatic carbocycles. The lowest BCUT2D eigenvalue weighted by atomic mass is 10.1. The third-order valence-electron chi connectivity index (χ3n) is 4.44. The van der Waals surface area contributed by atoms with Gasteiger partial charge in [-0.2, -0.15) is 0 Å². The maximum Gasteiger partial charge on any atom is 0.162 e. The smallest absolute Gasteiger partial charge is 0.162 e. The third-order valence-corrected chi connectivity index (χ3v) is 4.44. The van der Waals surface area contributed by atoms with Gasteiger partial charge in [-0.1, -0.05) is 0 Å². The molecule has 148 valence electrons. The number of nitrogens with two attached hydrogens (primary N) is 1. The summed E-state index contributed by atoms with van der Waals surface area (Å²) < 4.78 is 10.9. The zero-order valence-electron chi connectivity index (χ0n) is 16.8. The largest absolute Gasteiger partial charge is 0.493 e. The van der Waals surface area contributed by atoms with Crippen molar-refractivity contribution in [2.24, 2.45) is 0 Å². The van der Waals surface area contributed by atoms with Gasteiger partial charge in [0.05, 0.1) is 19.7 Å². The van der Waals surface area contributed by atoms with Crippen molar-refractivity contribution in [3.8, 4) is 22.9 Å². The lowest BCUT2D eigenvalue weighted by molar-refractivity contribution is 0.356. The second-order valence-electron chi connectivity index (χ2n) is 6.83. The first-order chi connectivity index (χ1) is 13.5. The predicted octanol–water partition coefficient (Wildman–Crippen LogP) is 3.26. The number of aromatic nitrogens is 2. The monoisotopic (exact) mass is 381 g/mol. The van der Waals surface area contributed by atoms with Crippen LogP contribution in [0.2, 0.25) is 0 Å². The molecule has 0 aliphatic heterocycles. The number of hydrogen-bond acceptors (Lipinski definition) is 7. The highest BCUT2D eigenvalue weighted by atomic mass is 16.5. The van der Waals surface area contributed by atoms with Crippen LogP contribution in [0.4, 0.5) is 11.5 Å². The van der Waals surface area contributed by atoms with Crippen molar-refractivity contribution in [2.75, 3.05) is 52.5 Å². The fourth-order valence-corrected chi connectivity index (χ4v) is 2.95. The topological polar surface area (TPSA) is 85.5 Å². The zero-order chi connectivity index (χ0) is 20.1. The van der Waals surface area contributed by atoms with E-state index in [0.29, 0.717) is 23.0 Å². The number of nitrogens with one attached hydrogen (secondary N) is 1. The summed E-state index contributed by atoms with van der Waals surface area (Å²) in [6.45, 7) is 1.80. The highest BCUT2D eigenvalue weighted by molar-refractivity contribution is 5.93. The first-order valence-electron chi connectivity index (χ1n) is 9.20. The van der Waals surface area contributed by atoms with Gasteiger partial charge in [-0.25, -0.2) is 9.97 Å². The molecule has 0 radical (unpaired) electrons. The summed E-state index contributed by atoms with van der Waals surface area (Å²) in [5.74, 6) is 2.69. The zero-order valence-corrected chi connectivity index (χ0v) is 16.8. The van der Waals surface area contributed by atoms with Gasteiger partial charge in [-0.05, 0) is 57.4 Å². The van der Waals surface area contributed by atoms with Gasteiger partial charge in [0.2, 0.25) is 0 Å². The summed E-state index contributed by atoms with van der Waals surface area (Å²) in [7, 11) is 7.37. The summed E-state index contributed by atoms with van der Waals surface area (Å²) in [6.07, 6.45) is 1.00. The minimum Gasteiger partial charge on any atom is -0.493 e. The van der Waals surface area contributed by atoms with Crippen LogP contribution in [0, 0.1) is 0 Å². The molecule has 0 unspecified atom stereocenters. The lowest BCUT2D eigenvalue weighted by Gasteiger charge is -2.15. The molecule has 1 aromatic heterocycles. The van der Waals surface area contributed by atoms with Crippen molar-refractivity contribution < 1.29 is 9.47 Å². The molecule has 0 bridgehead atoms. The van der Waals surface area contributed by atoms with E-state index in [1.165, 1.54) is 0 Å². The first-order valence-corrected chi connectivity index (χ1v) is 9.20. The maximum absolute atomic E-state index is 5.81. The van der Waals surface area contributed by atoms with Crippen LogP contribution in [0.5, 0.6) is 11.5 Å². The molecule has 0 spiro atoms. The number of methoxy groups -OCH3 is 2. The standard InChI is InChI=1S/C21H27N5O2/c1-26(2)11-5-10-23-21-16-12-18(27-3)19(28-4)13-17(16)24-20(25-21)14-6-8-15(22)9-7-14/h6-9,12-13H,5,10-11,22H2,1-4H3,(H,23,24,25). The second kappa shape index (κ2) is 8.75. The second-order valence-corrected chi connectivity index (χ2v) is 6.83. The molecular weight excluding hydrogens is 354 g/mol. The van der Waals surface area contributed by atoms with Crippen LogP contribution in [0.1, 0.15) is 6.42 Å². The first kappa shape index (κ1) is 19.7. The molecule has 7 heteroatoms. The van der Waals surface area contributed by atoms with Gasteiger partial charge in [-0.15, -0.1) is 0 Å². The molecule has 0 saturated carbocycles. The SMILES string of the molecule is COc1cc2nc(-c3ccc(N)cc3)nc(NCCCN(C)C)c2cc1OC. The van der Waals surface area contributed by atoms with Crippen LogP contribution in [-0.4, -0.2) is 56.3 Å². The van der Waals surface area contributed by atoms with Crippen molar-refractivity contribution in [2.45, 2.75) is 6.42 Å². The van der Waals surface area contributed by atoms with Crippen LogP contribution in [0.25, 0.3) is 22.3 Å². The molecule has 3 N–H and O–H groups in total. The molecule has 0 aliphatic rings. The number of rotatable bonds is 8. The number of anilines is 2. The predicted molar refractivity (Wildman–Crippen MR) is 114 cm³/mol. The average molecular weight is 381 g/mol. The Balaban J connectivity index is 2.05. The number of benzene rings is 2. The summed E-state index contributed by atoms with van der Waals surface area (Å²) >= 11 is 0. The summed E-state index contributed by atoms with van der Waals surface area (Å²) in [4.78, 5) is 11.7. The quantitative estimate of drug-likeness (QED) is 0.457. The molecule has 0 amide bonds. The molecule has 0 saturated heterocycles. The van der Waals surface area contributed by atoms with Crippen LogP contribution >= 0.6 is 0 Å². The molecule has 28 heavy (non-hydrogen) atoms. The molecule has 3 aromatic rings. The molecule has 1 heterocycles. The van der Waals surface area contributed by atoms with Crippen LogP contribution in [0.15, 0.2) is 36.4 Å². The maximum atomic E-state index is 5.81. The molecular formula is C21H27N5O2. The Labute approximate surface area is 165 Å². The Bertz CT molecular complexity index is 942. The Morgan fingerprint density at radius 1 is 1.00 bits per heavy atom. The number of ether oxygens (including phenoxy) is 2. The van der Waals surface area contributed by atoms with E-state index in [9.17, 15) is 0 Å². The highest BCUT2D eigenvalue weighted by Crippen LogP contribution is 2.35. The van der Waals surface area contributed by atoms with Crippen LogP contribution in [-0.2, 0) is 0 Å². The van der Waals surface area contributed by atoms with E-state index in [0.717, 1.165) is 41.8 Å². The Morgan fingerprint density at radius 3 is 2.32 bits per heavy atom. The van der Waals surface area contributed by atoms with E-state index in [-0.39, 0.29) is 0 Å². The Morgan fingerprint density at radius 2 is 1.68 bits per heavy atom. The van der Waals surface area contributed by atoms with Gasteiger partial charge >= 0.3 is 0 Å². The van der Waals surface area contributed by atoms with Crippen molar-refractivity contribution >= 4 is 22.4 Å². The number of hydrogen-bond donors (Lipinski definition) is 2. The van der Waals surface area contributed by atoms with Crippen LogP contribution < -0.4 is 20.5 Å². The molecule has 3 rings (SSSR count). The van der Waals surface area contributed by atoms with E-state index < -0.39 is 0 Å². The van der Waals surface area contributed by atoms with Gasteiger partial charge in [0.1, 0.15) is 5.82 Å². The van der Waals surface area contributed by atoms with Gasteiger partial charge in [0.25, 0.3) is 0 Å². The molecule has 0 fully saturated rings. The summed E-state index contributed by atoms with van der Waals surface area (Å²) in [5, 5.41) is 4.34. The summed E-state index contributed by atoms with van der Waals surface area (Å²) in [6, 6.07) is 11.3. The number of nitrogens with zero attached hydrogens (tertiary/aromatic N) is 3. The van der Waals surface area contributed by atoms with E-state index in [1.807, 2.05) is 36.4 Å². The number of fused-ring (bicyclic) bond motifs is 1. The summed E-state index contributed by atoms with van der Waals surface area (Å²) in [5.41, 5.74) is 8.21. The average Bonchev–Trinajstić information content (AvgIpc) is 2.70. The van der Waals surface area contributed by atoms with Crippen LogP contribution in [0.3, 0.4) is 0 Å². The normalized spacial score (nSPS) is 11.0. The lowest BCUT2D eigenvalue weighted by Crippen LogP contribution is -2.17. The molecule has 0 atom stereocenters. The fourth-order valence-electron chi connectivity index (χ4n) is 2.95. The van der Waals surface area contributed by atoms with Crippen molar-refractivity contribution in [3.63, 3.8) is 0 Å². The molecule has 7 nitrogen and oxygen atoms in total. The van der Waals surface area contributed by atoms with Crippen molar-refractivity contribution in [1.29, 1.82) is 0 Å². The fraction of sp³-hybridized carbons (Fsp3) is 0.333. The van der Waals surface area contributed by atoms with Gasteiger partial charge in [-0.3, -0.25) is 0 Å². The Hall–Kier alpha value is -3.06. The minimum absolute atomic E-state index is 0.634. The van der Waals surface area contributed by atoms with Crippen molar-refractivity contribution in [3.05, 3.63) is 36.4 Å². The van der Waals surface area contributed by atoms with E-state index in [1.54, 1.807) is 14.2 Å². The van der Waals surface area contributed by atoms with Gasteiger partial charge in [0.15, 0.2) is 17.3 Å². The van der Waals surface area contributed by atoms with Gasteiger partial charge in [0, 0.05) is 29.2 Å². The van der Waals surface area contributed by atoms with E-state index in [2.05, 4.69) is 24.3 Å². The van der Waals surface area contributed by atoms with Crippen molar-refractivity contribution in [1.82, 2.24) is 14.9 Å². The third kappa shape index (κ3) is 4.43. The van der Waals surface area contributed by atoms with Gasteiger partial charge < -0.3 is 25.4 Å². The van der Waals surface area contributed by atoms with E-state index in [4.69, 9.17) is 25.2 Å². The number of nitrogen functional groups attached to an aromatic ring is 1. The Kier molecular flexibility index (Phi) is 6.16.